The molecule has 0 aliphatic carbocycles. The minimum Gasteiger partial charge on any atom is -0.466 e. The average molecular weight is 270 g/mol. The highest BCUT2D eigenvalue weighted by Crippen LogP contribution is 2.20. The fourth-order valence-corrected chi connectivity index (χ4v) is 2.34. The number of rotatable bonds is 5. The third kappa shape index (κ3) is 4.20. The zero-order valence-corrected chi connectivity index (χ0v) is 12.2. The minimum atomic E-state index is -0.467. The van der Waals surface area contributed by atoms with Crippen molar-refractivity contribution in [3.8, 4) is 0 Å². The van der Waals surface area contributed by atoms with Gasteiger partial charge in [-0.25, -0.2) is 0 Å². The van der Waals surface area contributed by atoms with Crippen LogP contribution < -0.4 is 5.73 Å². The van der Waals surface area contributed by atoms with Crippen LogP contribution >= 0.6 is 0 Å². The molecule has 0 spiro atoms. The molecule has 0 radical (unpaired) electrons. The van der Waals surface area contributed by atoms with Gasteiger partial charge in [-0.3, -0.25) is 9.59 Å². The number of amides is 1. The van der Waals surface area contributed by atoms with Gasteiger partial charge >= 0.3 is 5.97 Å². The van der Waals surface area contributed by atoms with Crippen LogP contribution in [0.1, 0.15) is 40.0 Å². The van der Waals surface area contributed by atoms with Crippen molar-refractivity contribution in [1.82, 2.24) is 4.90 Å². The number of nitrogens with two attached hydrogens (primary N) is 1. The molecule has 1 aliphatic heterocycles. The smallest absolute Gasteiger partial charge is 0.310 e. The van der Waals surface area contributed by atoms with E-state index in [0.29, 0.717) is 19.7 Å². The van der Waals surface area contributed by atoms with Crippen LogP contribution in [0.4, 0.5) is 0 Å². The first-order valence-electron chi connectivity index (χ1n) is 7.22. The lowest BCUT2D eigenvalue weighted by atomic mass is 9.94. The Bertz CT molecular complexity index is 320. The fraction of sp³-hybridized carbons (Fsp3) is 0.857. The summed E-state index contributed by atoms with van der Waals surface area (Å²) in [6, 6.07) is -0.467. The van der Waals surface area contributed by atoms with E-state index in [2.05, 4.69) is 0 Å². The molecule has 1 aliphatic rings. The molecule has 5 heteroatoms. The summed E-state index contributed by atoms with van der Waals surface area (Å²) >= 11 is 0. The number of hydrogen-bond acceptors (Lipinski definition) is 4. The number of likely N-dealkylation sites (tertiary alicyclic amines) is 1. The number of esters is 1. The van der Waals surface area contributed by atoms with Crippen molar-refractivity contribution in [2.75, 3.05) is 19.7 Å². The minimum absolute atomic E-state index is 0.0386. The fourth-order valence-electron chi connectivity index (χ4n) is 2.34. The maximum atomic E-state index is 12.3. The Hall–Kier alpha value is -1.10. The second-order valence-electron chi connectivity index (χ2n) is 5.29. The van der Waals surface area contributed by atoms with E-state index < -0.39 is 6.04 Å². The summed E-state index contributed by atoms with van der Waals surface area (Å²) in [4.78, 5) is 25.7. The van der Waals surface area contributed by atoms with Gasteiger partial charge in [0.15, 0.2) is 0 Å². The Morgan fingerprint density at radius 3 is 2.68 bits per heavy atom. The summed E-state index contributed by atoms with van der Waals surface area (Å²) in [7, 11) is 0. The molecule has 1 amide bonds. The molecule has 0 aromatic carbocycles. The molecule has 110 valence electrons. The van der Waals surface area contributed by atoms with Crippen LogP contribution in [0.2, 0.25) is 0 Å². The Labute approximate surface area is 115 Å². The van der Waals surface area contributed by atoms with Crippen molar-refractivity contribution < 1.29 is 14.3 Å². The topological polar surface area (TPSA) is 72.6 Å². The normalized spacial score (nSPS) is 22.7. The predicted molar refractivity (Wildman–Crippen MR) is 73.4 cm³/mol. The highest BCUT2D eigenvalue weighted by Gasteiger charge is 2.32. The first-order valence-corrected chi connectivity index (χ1v) is 7.22. The van der Waals surface area contributed by atoms with E-state index in [1.165, 1.54) is 0 Å². The highest BCUT2D eigenvalue weighted by atomic mass is 16.5. The van der Waals surface area contributed by atoms with Gasteiger partial charge < -0.3 is 15.4 Å². The molecular weight excluding hydrogens is 244 g/mol. The van der Waals surface area contributed by atoms with Gasteiger partial charge in [-0.2, -0.15) is 0 Å². The molecule has 0 aromatic heterocycles. The van der Waals surface area contributed by atoms with Crippen LogP contribution in [0.3, 0.4) is 0 Å². The van der Waals surface area contributed by atoms with E-state index in [1.807, 2.05) is 13.8 Å². The lowest BCUT2D eigenvalue weighted by Crippen LogP contribution is -2.51. The van der Waals surface area contributed by atoms with E-state index in [0.717, 1.165) is 19.3 Å². The van der Waals surface area contributed by atoms with Crippen molar-refractivity contribution in [3.05, 3.63) is 0 Å². The van der Waals surface area contributed by atoms with Gasteiger partial charge in [-0.05, 0) is 25.7 Å². The molecule has 1 saturated heterocycles. The molecule has 3 atom stereocenters. The van der Waals surface area contributed by atoms with Gasteiger partial charge in [-0.15, -0.1) is 0 Å². The number of ether oxygens (including phenoxy) is 1. The lowest BCUT2D eigenvalue weighted by molar-refractivity contribution is -0.151. The zero-order chi connectivity index (χ0) is 14.4. The van der Waals surface area contributed by atoms with Gasteiger partial charge in [0.2, 0.25) is 5.91 Å². The second kappa shape index (κ2) is 7.48. The summed E-state index contributed by atoms with van der Waals surface area (Å²) in [5, 5.41) is 0. The van der Waals surface area contributed by atoms with Crippen LogP contribution in [-0.4, -0.2) is 42.5 Å². The maximum Gasteiger partial charge on any atom is 0.310 e. The molecule has 2 N–H and O–H groups in total. The first kappa shape index (κ1) is 16.0. The summed E-state index contributed by atoms with van der Waals surface area (Å²) < 4.78 is 5.03. The van der Waals surface area contributed by atoms with Crippen molar-refractivity contribution in [1.29, 1.82) is 0 Å². The van der Waals surface area contributed by atoms with Gasteiger partial charge in [0.1, 0.15) is 0 Å². The average Bonchev–Trinajstić information content (AvgIpc) is 2.45. The molecule has 5 nitrogen and oxygen atoms in total. The van der Waals surface area contributed by atoms with Gasteiger partial charge in [0.05, 0.1) is 18.6 Å². The Morgan fingerprint density at radius 2 is 2.11 bits per heavy atom. The van der Waals surface area contributed by atoms with Crippen molar-refractivity contribution >= 4 is 11.9 Å². The predicted octanol–water partition coefficient (Wildman–Crippen LogP) is 1.16. The van der Waals surface area contributed by atoms with Crippen LogP contribution in [0.15, 0.2) is 0 Å². The van der Waals surface area contributed by atoms with Gasteiger partial charge in [0, 0.05) is 13.1 Å². The van der Waals surface area contributed by atoms with E-state index in [1.54, 1.807) is 11.8 Å². The van der Waals surface area contributed by atoms with Gasteiger partial charge in [0.25, 0.3) is 0 Å². The molecule has 0 bridgehead atoms. The third-order valence-electron chi connectivity index (χ3n) is 3.90. The quantitative estimate of drug-likeness (QED) is 0.761. The molecule has 1 heterocycles. The SMILES string of the molecule is CCOC(=O)C1CCCN(C(=O)[C@@H](N)[C@@H](C)CC)C1. The van der Waals surface area contributed by atoms with Crippen LogP contribution in [-0.2, 0) is 14.3 Å². The number of nitrogens with zero attached hydrogens (tertiary/aromatic N) is 1. The molecule has 1 unspecified atom stereocenters. The van der Waals surface area contributed by atoms with E-state index in [-0.39, 0.29) is 23.7 Å². The van der Waals surface area contributed by atoms with E-state index >= 15 is 0 Å². The standard InChI is InChI=1S/C14H26N2O3/c1-4-10(3)12(15)13(17)16-8-6-7-11(9-16)14(18)19-5-2/h10-12H,4-9,15H2,1-3H3/t10-,11?,12-/m0/s1. The van der Waals surface area contributed by atoms with Crippen molar-refractivity contribution in [2.24, 2.45) is 17.6 Å². The van der Waals surface area contributed by atoms with E-state index in [9.17, 15) is 9.59 Å². The molecule has 1 rings (SSSR count). The van der Waals surface area contributed by atoms with Crippen molar-refractivity contribution in [3.63, 3.8) is 0 Å². The lowest BCUT2D eigenvalue weighted by Gasteiger charge is -2.34. The zero-order valence-electron chi connectivity index (χ0n) is 12.2. The summed E-state index contributed by atoms with van der Waals surface area (Å²) in [5.41, 5.74) is 5.97. The van der Waals surface area contributed by atoms with Gasteiger partial charge in [-0.1, -0.05) is 20.3 Å². The number of piperidine rings is 1. The Morgan fingerprint density at radius 1 is 1.42 bits per heavy atom. The largest absolute Gasteiger partial charge is 0.466 e. The van der Waals surface area contributed by atoms with Crippen molar-refractivity contribution in [2.45, 2.75) is 46.1 Å². The van der Waals surface area contributed by atoms with Crippen LogP contribution in [0, 0.1) is 11.8 Å². The monoisotopic (exact) mass is 270 g/mol. The summed E-state index contributed by atoms with van der Waals surface area (Å²) in [5.74, 6) is -0.266. The molecule has 1 fully saturated rings. The maximum absolute atomic E-state index is 12.3. The number of hydrogen-bond donors (Lipinski definition) is 1. The summed E-state index contributed by atoms with van der Waals surface area (Å²) in [6.07, 6.45) is 2.51. The first-order chi connectivity index (χ1) is 9.01. The van der Waals surface area contributed by atoms with E-state index in [4.69, 9.17) is 10.5 Å². The van der Waals surface area contributed by atoms with Crippen LogP contribution in [0.5, 0.6) is 0 Å². The Kier molecular flexibility index (Phi) is 6.28. The number of carbonyl (C=O) groups excluding carboxylic acids is 2. The molecule has 0 saturated carbocycles. The number of carbonyl (C=O) groups is 2. The third-order valence-corrected chi connectivity index (χ3v) is 3.90. The molecule has 19 heavy (non-hydrogen) atoms. The summed E-state index contributed by atoms with van der Waals surface area (Å²) in [6.45, 7) is 7.32. The molecule has 0 aromatic rings. The second-order valence-corrected chi connectivity index (χ2v) is 5.29. The van der Waals surface area contributed by atoms with Crippen LogP contribution in [0.25, 0.3) is 0 Å². The Balaban J connectivity index is 2.59. The molecular formula is C14H26N2O3. The highest BCUT2D eigenvalue weighted by molar-refractivity contribution is 5.83.